The van der Waals surface area contributed by atoms with E-state index in [4.69, 9.17) is 5.10 Å². The summed E-state index contributed by atoms with van der Waals surface area (Å²) >= 11 is 0. The summed E-state index contributed by atoms with van der Waals surface area (Å²) in [7, 11) is 0. The Balaban J connectivity index is 1.65. The number of nitrogens with one attached hydrogen (secondary N) is 1. The Morgan fingerprint density at radius 3 is 2.62 bits per heavy atom. The molecule has 1 aliphatic heterocycles. The Morgan fingerprint density at radius 2 is 2.00 bits per heavy atom. The number of aryl methyl sites for hydroxylation is 2. The van der Waals surface area contributed by atoms with Gasteiger partial charge >= 0.3 is 0 Å². The van der Waals surface area contributed by atoms with Crippen molar-refractivity contribution in [2.75, 3.05) is 19.6 Å². The van der Waals surface area contributed by atoms with Gasteiger partial charge in [0.25, 0.3) is 0 Å². The summed E-state index contributed by atoms with van der Waals surface area (Å²) in [6, 6.07) is 3.16. The predicted octanol–water partition coefficient (Wildman–Crippen LogP) is 2.43. The molecule has 2 aliphatic rings. The highest BCUT2D eigenvalue weighted by Crippen LogP contribution is 2.30. The molecule has 1 N–H and O–H groups in total. The molecule has 0 aromatic carbocycles. The first-order valence-corrected chi connectivity index (χ1v) is 8.80. The zero-order chi connectivity index (χ0) is 14.7. The summed E-state index contributed by atoms with van der Waals surface area (Å²) in [5, 5.41) is 8.19. The molecule has 0 atom stereocenters. The van der Waals surface area contributed by atoms with Gasteiger partial charge in [-0.1, -0.05) is 6.92 Å². The SMILES string of the molecule is CCc1cc(CN(CC2CCNCC2)C2CC2)n(CC)n1. The minimum Gasteiger partial charge on any atom is -0.317 e. The number of aromatic nitrogens is 2. The molecule has 1 saturated heterocycles. The average Bonchev–Trinajstić information content (AvgIpc) is 3.29. The molecule has 4 heteroatoms. The Hall–Kier alpha value is -0.870. The van der Waals surface area contributed by atoms with Crippen molar-refractivity contribution in [1.29, 1.82) is 0 Å². The molecule has 118 valence electrons. The highest BCUT2D eigenvalue weighted by Gasteiger charge is 2.31. The Labute approximate surface area is 128 Å². The van der Waals surface area contributed by atoms with Crippen LogP contribution < -0.4 is 5.32 Å². The van der Waals surface area contributed by atoms with Crippen molar-refractivity contribution < 1.29 is 0 Å². The minimum absolute atomic E-state index is 0.838. The van der Waals surface area contributed by atoms with E-state index in [9.17, 15) is 0 Å². The first-order chi connectivity index (χ1) is 10.3. The van der Waals surface area contributed by atoms with E-state index in [1.807, 2.05) is 0 Å². The van der Waals surface area contributed by atoms with Crippen molar-refractivity contribution >= 4 is 0 Å². The van der Waals surface area contributed by atoms with Crippen molar-refractivity contribution in [3.8, 4) is 0 Å². The van der Waals surface area contributed by atoms with E-state index in [0.717, 1.165) is 31.5 Å². The number of piperidine rings is 1. The van der Waals surface area contributed by atoms with Crippen molar-refractivity contribution in [1.82, 2.24) is 20.0 Å². The van der Waals surface area contributed by atoms with Gasteiger partial charge in [-0.05, 0) is 64.1 Å². The largest absolute Gasteiger partial charge is 0.317 e. The Bertz CT molecular complexity index is 444. The summed E-state index contributed by atoms with van der Waals surface area (Å²) in [5.41, 5.74) is 2.65. The third-order valence-electron chi connectivity index (χ3n) is 4.96. The van der Waals surface area contributed by atoms with Crippen LogP contribution in [0.2, 0.25) is 0 Å². The van der Waals surface area contributed by atoms with Crippen molar-refractivity contribution in [2.24, 2.45) is 5.92 Å². The first-order valence-electron chi connectivity index (χ1n) is 8.80. The fourth-order valence-corrected chi connectivity index (χ4v) is 3.48. The van der Waals surface area contributed by atoms with Crippen molar-refractivity contribution in [2.45, 2.75) is 65.1 Å². The van der Waals surface area contributed by atoms with E-state index in [0.29, 0.717) is 0 Å². The van der Waals surface area contributed by atoms with E-state index < -0.39 is 0 Å². The third-order valence-corrected chi connectivity index (χ3v) is 4.96. The van der Waals surface area contributed by atoms with Crippen LogP contribution in [0.5, 0.6) is 0 Å². The maximum atomic E-state index is 4.71. The average molecular weight is 290 g/mol. The van der Waals surface area contributed by atoms with Gasteiger partial charge in [0.05, 0.1) is 11.4 Å². The molecule has 2 heterocycles. The number of nitrogens with zero attached hydrogens (tertiary/aromatic N) is 3. The lowest BCUT2D eigenvalue weighted by atomic mass is 9.97. The molecule has 0 spiro atoms. The number of hydrogen-bond acceptors (Lipinski definition) is 3. The lowest BCUT2D eigenvalue weighted by Gasteiger charge is -2.30. The molecule has 1 saturated carbocycles. The molecule has 1 aromatic rings. The van der Waals surface area contributed by atoms with E-state index in [1.165, 1.54) is 56.7 Å². The van der Waals surface area contributed by atoms with Gasteiger partial charge in [0.1, 0.15) is 0 Å². The molecule has 0 bridgehead atoms. The molecule has 1 aromatic heterocycles. The van der Waals surface area contributed by atoms with Crippen LogP contribution in [-0.2, 0) is 19.5 Å². The van der Waals surface area contributed by atoms with Crippen molar-refractivity contribution in [3.63, 3.8) is 0 Å². The van der Waals surface area contributed by atoms with E-state index >= 15 is 0 Å². The van der Waals surface area contributed by atoms with Crippen molar-refractivity contribution in [3.05, 3.63) is 17.5 Å². The van der Waals surface area contributed by atoms with Crippen LogP contribution in [0.1, 0.15) is 50.9 Å². The molecule has 0 unspecified atom stereocenters. The van der Waals surface area contributed by atoms with Crippen LogP contribution in [0.15, 0.2) is 6.07 Å². The summed E-state index contributed by atoms with van der Waals surface area (Å²) in [6.45, 7) is 10.2. The van der Waals surface area contributed by atoms with E-state index in [2.05, 4.69) is 34.8 Å². The molecule has 1 aliphatic carbocycles. The molecule has 2 fully saturated rings. The topological polar surface area (TPSA) is 33.1 Å². The van der Waals surface area contributed by atoms with E-state index in [1.54, 1.807) is 0 Å². The predicted molar refractivity (Wildman–Crippen MR) is 86.3 cm³/mol. The van der Waals surface area contributed by atoms with Crippen LogP contribution >= 0.6 is 0 Å². The maximum Gasteiger partial charge on any atom is 0.0625 e. The second-order valence-electron chi connectivity index (χ2n) is 6.65. The molecule has 0 amide bonds. The summed E-state index contributed by atoms with van der Waals surface area (Å²) in [5.74, 6) is 0.885. The summed E-state index contributed by atoms with van der Waals surface area (Å²) in [4.78, 5) is 2.73. The Morgan fingerprint density at radius 1 is 1.24 bits per heavy atom. The number of rotatable bonds is 7. The minimum atomic E-state index is 0.838. The normalized spacial score (nSPS) is 20.3. The highest BCUT2D eigenvalue weighted by atomic mass is 15.3. The fourth-order valence-electron chi connectivity index (χ4n) is 3.48. The van der Waals surface area contributed by atoms with Crippen LogP contribution in [0, 0.1) is 5.92 Å². The highest BCUT2D eigenvalue weighted by molar-refractivity contribution is 5.11. The van der Waals surface area contributed by atoms with Gasteiger partial charge in [-0.3, -0.25) is 9.58 Å². The smallest absolute Gasteiger partial charge is 0.0625 e. The monoisotopic (exact) mass is 290 g/mol. The third kappa shape index (κ3) is 3.86. The first kappa shape index (κ1) is 15.0. The molecule has 3 rings (SSSR count). The van der Waals surface area contributed by atoms with Gasteiger partial charge < -0.3 is 5.32 Å². The second kappa shape index (κ2) is 6.93. The molecule has 21 heavy (non-hydrogen) atoms. The van der Waals surface area contributed by atoms with Gasteiger partial charge in [0.15, 0.2) is 0 Å². The number of hydrogen-bond donors (Lipinski definition) is 1. The van der Waals surface area contributed by atoms with Gasteiger partial charge in [-0.2, -0.15) is 5.10 Å². The maximum absolute atomic E-state index is 4.71. The lowest BCUT2D eigenvalue weighted by Crippen LogP contribution is -2.37. The molecular formula is C17H30N4. The Kier molecular flexibility index (Phi) is 4.96. The van der Waals surface area contributed by atoms with Crippen LogP contribution in [0.4, 0.5) is 0 Å². The zero-order valence-electron chi connectivity index (χ0n) is 13.6. The van der Waals surface area contributed by atoms with Crippen LogP contribution in [0.25, 0.3) is 0 Å². The standard InChI is InChI=1S/C17H30N4/c1-3-15-11-17(21(4-2)19-15)13-20(16-5-6-16)12-14-7-9-18-10-8-14/h11,14,16,18H,3-10,12-13H2,1-2H3. The molecule has 4 nitrogen and oxygen atoms in total. The quantitative estimate of drug-likeness (QED) is 0.837. The summed E-state index contributed by atoms with van der Waals surface area (Å²) < 4.78 is 2.20. The van der Waals surface area contributed by atoms with Gasteiger partial charge in [0, 0.05) is 25.7 Å². The van der Waals surface area contributed by atoms with Gasteiger partial charge in [0.2, 0.25) is 0 Å². The lowest BCUT2D eigenvalue weighted by molar-refractivity contribution is 0.186. The molecule has 0 radical (unpaired) electrons. The summed E-state index contributed by atoms with van der Waals surface area (Å²) in [6.07, 6.45) is 6.52. The fraction of sp³-hybridized carbons (Fsp3) is 0.824. The van der Waals surface area contributed by atoms with Gasteiger partial charge in [-0.25, -0.2) is 0 Å². The van der Waals surface area contributed by atoms with Crippen LogP contribution in [0.3, 0.4) is 0 Å². The zero-order valence-corrected chi connectivity index (χ0v) is 13.6. The van der Waals surface area contributed by atoms with Crippen LogP contribution in [-0.4, -0.2) is 40.4 Å². The van der Waals surface area contributed by atoms with Gasteiger partial charge in [-0.15, -0.1) is 0 Å². The second-order valence-corrected chi connectivity index (χ2v) is 6.65. The molecular weight excluding hydrogens is 260 g/mol. The van der Waals surface area contributed by atoms with E-state index in [-0.39, 0.29) is 0 Å².